The zero-order valence-electron chi connectivity index (χ0n) is 11.0. The Bertz CT molecular complexity index is 521. The van der Waals surface area contributed by atoms with Gasteiger partial charge in [0, 0.05) is 19.4 Å². The number of amides is 1. The number of carboxylic acid groups (broad SMARTS) is 1. The van der Waals surface area contributed by atoms with Crippen molar-refractivity contribution in [3.63, 3.8) is 0 Å². The standard InChI is InChI=1S/C14H17FN2O3/c15-11-3-1-2-9(4-11)5-12(14(19)20)17-8-10(7-16)6-13(17)18/h1-4,10,12H,5-8,16H2,(H,19,20)/t10?,12-/m1/s1. The van der Waals surface area contributed by atoms with Crippen molar-refractivity contribution in [3.8, 4) is 0 Å². The largest absolute Gasteiger partial charge is 0.480 e. The molecule has 0 aliphatic carbocycles. The Morgan fingerprint density at radius 3 is 2.85 bits per heavy atom. The second-order valence-corrected chi connectivity index (χ2v) is 5.04. The molecule has 0 spiro atoms. The Hall–Kier alpha value is -1.95. The first kappa shape index (κ1) is 14.5. The number of carboxylic acids is 1. The zero-order valence-corrected chi connectivity index (χ0v) is 11.0. The number of benzene rings is 1. The van der Waals surface area contributed by atoms with Crippen LogP contribution < -0.4 is 5.73 Å². The topological polar surface area (TPSA) is 83.6 Å². The molecule has 0 bridgehead atoms. The molecule has 1 unspecified atom stereocenters. The van der Waals surface area contributed by atoms with Gasteiger partial charge in [0.25, 0.3) is 0 Å². The van der Waals surface area contributed by atoms with Crippen LogP contribution in [0.1, 0.15) is 12.0 Å². The van der Waals surface area contributed by atoms with Crippen molar-refractivity contribution in [3.05, 3.63) is 35.6 Å². The molecule has 5 nitrogen and oxygen atoms in total. The van der Waals surface area contributed by atoms with Crippen LogP contribution in [0, 0.1) is 11.7 Å². The van der Waals surface area contributed by atoms with Gasteiger partial charge in [0.05, 0.1) is 0 Å². The summed E-state index contributed by atoms with van der Waals surface area (Å²) in [4.78, 5) is 24.6. The third kappa shape index (κ3) is 3.14. The van der Waals surface area contributed by atoms with Gasteiger partial charge in [-0.3, -0.25) is 4.79 Å². The number of halogens is 1. The van der Waals surface area contributed by atoms with Crippen LogP contribution in [0.5, 0.6) is 0 Å². The number of rotatable bonds is 5. The van der Waals surface area contributed by atoms with Gasteiger partial charge < -0.3 is 15.7 Å². The van der Waals surface area contributed by atoms with Crippen LogP contribution in [0.2, 0.25) is 0 Å². The van der Waals surface area contributed by atoms with Gasteiger partial charge in [0.1, 0.15) is 11.9 Å². The average molecular weight is 280 g/mol. The molecule has 1 aliphatic rings. The van der Waals surface area contributed by atoms with E-state index in [-0.39, 0.29) is 24.7 Å². The summed E-state index contributed by atoms with van der Waals surface area (Å²) in [6.45, 7) is 0.705. The summed E-state index contributed by atoms with van der Waals surface area (Å²) in [6, 6.07) is 4.79. The third-order valence-electron chi connectivity index (χ3n) is 3.55. The molecule has 6 heteroatoms. The van der Waals surface area contributed by atoms with E-state index in [1.807, 2.05) is 0 Å². The molecule has 1 aromatic carbocycles. The molecule has 0 aromatic heterocycles. The Morgan fingerprint density at radius 2 is 2.30 bits per heavy atom. The molecule has 1 aromatic rings. The maximum absolute atomic E-state index is 13.1. The van der Waals surface area contributed by atoms with E-state index < -0.39 is 17.8 Å². The first-order valence-electron chi connectivity index (χ1n) is 6.48. The first-order chi connectivity index (χ1) is 9.51. The normalized spacial score (nSPS) is 20.2. The molecule has 0 saturated carbocycles. The van der Waals surface area contributed by atoms with Crippen LogP contribution in [0.4, 0.5) is 4.39 Å². The minimum atomic E-state index is -1.08. The Kier molecular flexibility index (Phi) is 4.34. The molecule has 1 saturated heterocycles. The van der Waals surface area contributed by atoms with Gasteiger partial charge in [-0.1, -0.05) is 12.1 Å². The van der Waals surface area contributed by atoms with Gasteiger partial charge in [0.2, 0.25) is 5.91 Å². The third-order valence-corrected chi connectivity index (χ3v) is 3.55. The number of hydrogen-bond donors (Lipinski definition) is 2. The summed E-state index contributed by atoms with van der Waals surface area (Å²) in [6.07, 6.45) is 0.375. The van der Waals surface area contributed by atoms with E-state index in [1.165, 1.54) is 23.1 Å². The average Bonchev–Trinajstić information content (AvgIpc) is 2.77. The molecule has 2 atom stereocenters. The lowest BCUT2D eigenvalue weighted by molar-refractivity contribution is -0.148. The van der Waals surface area contributed by atoms with E-state index in [4.69, 9.17) is 5.73 Å². The van der Waals surface area contributed by atoms with Crippen LogP contribution >= 0.6 is 0 Å². The quantitative estimate of drug-likeness (QED) is 0.828. The molecule has 3 N–H and O–H groups in total. The van der Waals surface area contributed by atoms with Crippen molar-refractivity contribution >= 4 is 11.9 Å². The molecule has 1 heterocycles. The molecular weight excluding hydrogens is 263 g/mol. The van der Waals surface area contributed by atoms with Gasteiger partial charge in [-0.2, -0.15) is 0 Å². The van der Waals surface area contributed by atoms with E-state index in [2.05, 4.69) is 0 Å². The van der Waals surface area contributed by atoms with Gasteiger partial charge in [-0.25, -0.2) is 9.18 Å². The number of likely N-dealkylation sites (tertiary alicyclic amines) is 1. The van der Waals surface area contributed by atoms with Crippen LogP contribution in [-0.2, 0) is 16.0 Å². The summed E-state index contributed by atoms with van der Waals surface area (Å²) in [5.74, 6) is -1.71. The van der Waals surface area contributed by atoms with Crippen LogP contribution in [-0.4, -0.2) is 41.0 Å². The second kappa shape index (κ2) is 6.00. The number of aliphatic carboxylic acids is 1. The van der Waals surface area contributed by atoms with Crippen molar-refractivity contribution in [2.45, 2.75) is 18.9 Å². The van der Waals surface area contributed by atoms with Gasteiger partial charge in [0.15, 0.2) is 0 Å². The fraction of sp³-hybridized carbons (Fsp3) is 0.429. The highest BCUT2D eigenvalue weighted by Gasteiger charge is 2.37. The lowest BCUT2D eigenvalue weighted by Crippen LogP contribution is -2.44. The van der Waals surface area contributed by atoms with E-state index in [1.54, 1.807) is 6.07 Å². The fourth-order valence-corrected chi connectivity index (χ4v) is 2.49. The summed E-state index contributed by atoms with van der Waals surface area (Å²) in [5.41, 5.74) is 6.09. The monoisotopic (exact) mass is 280 g/mol. The minimum Gasteiger partial charge on any atom is -0.480 e. The van der Waals surface area contributed by atoms with Crippen LogP contribution in [0.15, 0.2) is 24.3 Å². The van der Waals surface area contributed by atoms with E-state index in [9.17, 15) is 19.1 Å². The van der Waals surface area contributed by atoms with Crippen molar-refractivity contribution in [1.82, 2.24) is 4.90 Å². The molecule has 1 amide bonds. The Labute approximate surface area is 116 Å². The molecular formula is C14H17FN2O3. The number of hydrogen-bond acceptors (Lipinski definition) is 3. The summed E-state index contributed by atoms with van der Waals surface area (Å²) < 4.78 is 13.1. The summed E-state index contributed by atoms with van der Waals surface area (Å²) in [5, 5.41) is 9.32. The summed E-state index contributed by atoms with van der Waals surface area (Å²) >= 11 is 0. The minimum absolute atomic E-state index is 0.00291. The first-order valence-corrected chi connectivity index (χ1v) is 6.48. The zero-order chi connectivity index (χ0) is 14.7. The molecule has 0 radical (unpaired) electrons. The summed E-state index contributed by atoms with van der Waals surface area (Å²) in [7, 11) is 0. The van der Waals surface area contributed by atoms with Crippen molar-refractivity contribution in [2.24, 2.45) is 11.7 Å². The van der Waals surface area contributed by atoms with E-state index >= 15 is 0 Å². The SMILES string of the molecule is NCC1CC(=O)N([C@H](Cc2cccc(F)c2)C(=O)O)C1. The number of nitrogens with zero attached hydrogens (tertiary/aromatic N) is 1. The second-order valence-electron chi connectivity index (χ2n) is 5.04. The van der Waals surface area contributed by atoms with Gasteiger partial charge >= 0.3 is 5.97 Å². The smallest absolute Gasteiger partial charge is 0.326 e. The maximum atomic E-state index is 13.1. The highest BCUT2D eigenvalue weighted by Crippen LogP contribution is 2.21. The van der Waals surface area contributed by atoms with E-state index in [0.717, 1.165) is 0 Å². The fourth-order valence-electron chi connectivity index (χ4n) is 2.49. The Balaban J connectivity index is 2.16. The number of carbonyl (C=O) groups is 2. The predicted molar refractivity (Wildman–Crippen MR) is 70.4 cm³/mol. The van der Waals surface area contributed by atoms with Gasteiger partial charge in [-0.05, 0) is 30.2 Å². The maximum Gasteiger partial charge on any atom is 0.326 e. The lowest BCUT2D eigenvalue weighted by atomic mass is 10.0. The highest BCUT2D eigenvalue weighted by molar-refractivity contribution is 5.85. The van der Waals surface area contributed by atoms with E-state index in [0.29, 0.717) is 18.7 Å². The number of carbonyl (C=O) groups excluding carboxylic acids is 1. The molecule has 2 rings (SSSR count). The van der Waals surface area contributed by atoms with Gasteiger partial charge in [-0.15, -0.1) is 0 Å². The van der Waals surface area contributed by atoms with Crippen molar-refractivity contribution in [1.29, 1.82) is 0 Å². The Morgan fingerprint density at radius 1 is 1.55 bits per heavy atom. The van der Waals surface area contributed by atoms with Crippen molar-refractivity contribution < 1.29 is 19.1 Å². The van der Waals surface area contributed by atoms with Crippen molar-refractivity contribution in [2.75, 3.05) is 13.1 Å². The highest BCUT2D eigenvalue weighted by atomic mass is 19.1. The lowest BCUT2D eigenvalue weighted by Gasteiger charge is -2.24. The van der Waals surface area contributed by atoms with Crippen LogP contribution in [0.25, 0.3) is 0 Å². The predicted octanol–water partition coefficient (Wildman–Crippen LogP) is 0.629. The van der Waals surface area contributed by atoms with Crippen LogP contribution in [0.3, 0.4) is 0 Å². The molecule has 20 heavy (non-hydrogen) atoms. The molecule has 108 valence electrons. The number of nitrogens with two attached hydrogens (primary N) is 1. The molecule has 1 fully saturated rings. The molecule has 1 aliphatic heterocycles.